The lowest BCUT2D eigenvalue weighted by molar-refractivity contribution is 0.184. The fourth-order valence-corrected chi connectivity index (χ4v) is 3.25. The van der Waals surface area contributed by atoms with Crippen LogP contribution in [0.2, 0.25) is 0 Å². The van der Waals surface area contributed by atoms with Gasteiger partial charge in [0.25, 0.3) is 0 Å². The van der Waals surface area contributed by atoms with Gasteiger partial charge in [0.05, 0.1) is 13.2 Å². The second-order valence-corrected chi connectivity index (χ2v) is 6.18. The average molecular weight is 451 g/mol. The molecule has 1 aliphatic rings. The fraction of sp³-hybridized carbons (Fsp3) is 0.350. The first-order chi connectivity index (χ1) is 11.8. The van der Waals surface area contributed by atoms with Crippen molar-refractivity contribution in [3.05, 3.63) is 64.7 Å². The number of hydrogen-bond acceptors (Lipinski definition) is 2. The molecule has 0 unspecified atom stereocenters. The Morgan fingerprint density at radius 1 is 1.08 bits per heavy atom. The van der Waals surface area contributed by atoms with Crippen LogP contribution in [0.5, 0.6) is 0 Å². The Morgan fingerprint density at radius 3 is 2.64 bits per heavy atom. The van der Waals surface area contributed by atoms with Gasteiger partial charge in [0.2, 0.25) is 0 Å². The van der Waals surface area contributed by atoms with Gasteiger partial charge in [-0.1, -0.05) is 36.4 Å². The first kappa shape index (κ1) is 19.7. The summed E-state index contributed by atoms with van der Waals surface area (Å²) in [6, 6.07) is 14.6. The highest BCUT2D eigenvalue weighted by atomic mass is 127. The van der Waals surface area contributed by atoms with E-state index in [0.717, 1.165) is 29.7 Å². The molecule has 134 valence electrons. The van der Waals surface area contributed by atoms with E-state index in [1.54, 1.807) is 7.11 Å². The molecule has 25 heavy (non-hydrogen) atoms. The number of ether oxygens (including phenoxy) is 1. The third kappa shape index (κ3) is 5.19. The molecule has 0 aliphatic heterocycles. The molecule has 0 aromatic heterocycles. The molecule has 0 radical (unpaired) electrons. The predicted octanol–water partition coefficient (Wildman–Crippen LogP) is 4.26. The zero-order valence-electron chi connectivity index (χ0n) is 14.6. The zero-order chi connectivity index (χ0) is 16.8. The van der Waals surface area contributed by atoms with Gasteiger partial charge in [-0.15, -0.1) is 24.0 Å². The molecule has 0 bridgehead atoms. The molecule has 3 rings (SSSR count). The summed E-state index contributed by atoms with van der Waals surface area (Å²) in [5.74, 6) is 0.459. The molecule has 3 N–H and O–H groups in total. The van der Waals surface area contributed by atoms with Crippen LogP contribution in [0.4, 0.5) is 5.69 Å². The average Bonchev–Trinajstić information content (AvgIpc) is 2.62. The van der Waals surface area contributed by atoms with E-state index in [1.165, 1.54) is 24.0 Å². The van der Waals surface area contributed by atoms with E-state index in [4.69, 9.17) is 10.5 Å². The lowest BCUT2D eigenvalue weighted by Gasteiger charge is -2.19. The predicted molar refractivity (Wildman–Crippen MR) is 115 cm³/mol. The molecular weight excluding hydrogens is 425 g/mol. The van der Waals surface area contributed by atoms with Crippen LogP contribution < -0.4 is 11.1 Å². The van der Waals surface area contributed by atoms with Crippen molar-refractivity contribution in [1.29, 1.82) is 0 Å². The third-order valence-electron chi connectivity index (χ3n) is 4.50. The molecule has 0 spiro atoms. The highest BCUT2D eigenvalue weighted by molar-refractivity contribution is 14.0. The molecule has 1 aliphatic carbocycles. The Kier molecular flexibility index (Phi) is 7.71. The maximum Gasteiger partial charge on any atom is 0.193 e. The van der Waals surface area contributed by atoms with E-state index in [-0.39, 0.29) is 24.0 Å². The number of nitrogens with one attached hydrogen (secondary N) is 1. The zero-order valence-corrected chi connectivity index (χ0v) is 17.0. The van der Waals surface area contributed by atoms with Crippen molar-refractivity contribution in [2.45, 2.75) is 38.8 Å². The smallest absolute Gasteiger partial charge is 0.193 e. The maximum atomic E-state index is 6.12. The minimum absolute atomic E-state index is 0. The summed E-state index contributed by atoms with van der Waals surface area (Å²) in [6.07, 6.45) is 4.79. The van der Waals surface area contributed by atoms with Gasteiger partial charge in [0, 0.05) is 12.8 Å². The molecule has 4 nitrogen and oxygen atoms in total. The number of anilines is 1. The normalized spacial score (nSPS) is 13.7. The van der Waals surface area contributed by atoms with Gasteiger partial charge in [-0.2, -0.15) is 0 Å². The molecule has 5 heteroatoms. The van der Waals surface area contributed by atoms with Gasteiger partial charge in [0.1, 0.15) is 0 Å². The van der Waals surface area contributed by atoms with E-state index in [9.17, 15) is 0 Å². The molecule has 2 aromatic carbocycles. The number of guanidine groups is 1. The Morgan fingerprint density at radius 2 is 1.84 bits per heavy atom. The largest absolute Gasteiger partial charge is 0.380 e. The first-order valence-electron chi connectivity index (χ1n) is 8.51. The van der Waals surface area contributed by atoms with Crippen molar-refractivity contribution in [2.24, 2.45) is 10.7 Å². The lowest BCUT2D eigenvalue weighted by atomic mass is 9.90. The molecule has 2 aromatic rings. The molecule has 0 saturated carbocycles. The Bertz CT molecular complexity index is 731. The van der Waals surface area contributed by atoms with E-state index in [2.05, 4.69) is 40.6 Å². The monoisotopic (exact) mass is 451 g/mol. The molecule has 0 atom stereocenters. The second-order valence-electron chi connectivity index (χ2n) is 6.18. The van der Waals surface area contributed by atoms with E-state index >= 15 is 0 Å². The quantitative estimate of drug-likeness (QED) is 0.406. The van der Waals surface area contributed by atoms with Gasteiger partial charge in [-0.3, -0.25) is 0 Å². The van der Waals surface area contributed by atoms with Crippen LogP contribution in [0.1, 0.15) is 35.1 Å². The van der Waals surface area contributed by atoms with Crippen LogP contribution in [-0.4, -0.2) is 13.1 Å². The van der Waals surface area contributed by atoms with E-state index in [0.29, 0.717) is 19.1 Å². The molecule has 0 fully saturated rings. The standard InChI is InChI=1S/C20H25N3O.HI/c1-24-14-17-9-3-2-8-16(17)13-22-20(21)23-19-12-6-10-15-7-4-5-11-18(15)19;/h2-3,6,8-10,12H,4-5,7,11,13-14H2,1H3,(H3,21,22,23);1H. The second kappa shape index (κ2) is 9.77. The number of hydrogen-bond donors (Lipinski definition) is 2. The number of aliphatic imine (C=N–C) groups is 1. The highest BCUT2D eigenvalue weighted by Gasteiger charge is 2.13. The summed E-state index contributed by atoms with van der Waals surface area (Å²) in [6.45, 7) is 1.14. The lowest BCUT2D eigenvalue weighted by Crippen LogP contribution is -2.24. The number of fused-ring (bicyclic) bond motifs is 1. The van der Waals surface area contributed by atoms with Crippen molar-refractivity contribution in [3.63, 3.8) is 0 Å². The SMILES string of the molecule is COCc1ccccc1CN=C(N)Nc1cccc2c1CCCC2.I. The number of nitrogens with two attached hydrogens (primary N) is 1. The fourth-order valence-electron chi connectivity index (χ4n) is 3.25. The minimum Gasteiger partial charge on any atom is -0.380 e. The topological polar surface area (TPSA) is 59.6 Å². The summed E-state index contributed by atoms with van der Waals surface area (Å²) in [7, 11) is 1.70. The highest BCUT2D eigenvalue weighted by Crippen LogP contribution is 2.27. The van der Waals surface area contributed by atoms with Gasteiger partial charge in [0.15, 0.2) is 5.96 Å². The summed E-state index contributed by atoms with van der Waals surface area (Å²) in [4.78, 5) is 4.51. The van der Waals surface area contributed by atoms with Crippen molar-refractivity contribution < 1.29 is 4.74 Å². The van der Waals surface area contributed by atoms with Crippen molar-refractivity contribution in [1.82, 2.24) is 0 Å². The summed E-state index contributed by atoms with van der Waals surface area (Å²) < 4.78 is 5.24. The number of nitrogens with zero attached hydrogens (tertiary/aromatic N) is 1. The van der Waals surface area contributed by atoms with Gasteiger partial charge >= 0.3 is 0 Å². The Balaban J connectivity index is 0.00000225. The number of halogens is 1. The van der Waals surface area contributed by atoms with Crippen LogP contribution in [0.15, 0.2) is 47.5 Å². The number of rotatable bonds is 5. The van der Waals surface area contributed by atoms with E-state index in [1.807, 2.05) is 12.1 Å². The van der Waals surface area contributed by atoms with Crippen LogP contribution in [0.25, 0.3) is 0 Å². The molecule has 0 amide bonds. The van der Waals surface area contributed by atoms with Crippen LogP contribution >= 0.6 is 24.0 Å². The van der Waals surface area contributed by atoms with Crippen LogP contribution in [0.3, 0.4) is 0 Å². The number of aryl methyl sites for hydroxylation is 1. The third-order valence-corrected chi connectivity index (χ3v) is 4.50. The van der Waals surface area contributed by atoms with E-state index < -0.39 is 0 Å². The van der Waals surface area contributed by atoms with Crippen LogP contribution in [-0.2, 0) is 30.7 Å². The summed E-state index contributed by atoms with van der Waals surface area (Å²) in [5.41, 5.74) is 12.3. The molecule has 0 saturated heterocycles. The minimum atomic E-state index is 0. The van der Waals surface area contributed by atoms with Gasteiger partial charge in [-0.25, -0.2) is 4.99 Å². The molecular formula is C20H26IN3O. The van der Waals surface area contributed by atoms with Crippen molar-refractivity contribution >= 4 is 35.6 Å². The van der Waals surface area contributed by atoms with Crippen molar-refractivity contribution in [3.8, 4) is 0 Å². The Labute approximate surface area is 166 Å². The Hall–Kier alpha value is -1.60. The van der Waals surface area contributed by atoms with Crippen molar-refractivity contribution in [2.75, 3.05) is 12.4 Å². The van der Waals surface area contributed by atoms with Gasteiger partial charge in [-0.05, 0) is 54.0 Å². The first-order valence-corrected chi connectivity index (χ1v) is 8.51. The van der Waals surface area contributed by atoms with Gasteiger partial charge < -0.3 is 15.8 Å². The summed E-state index contributed by atoms with van der Waals surface area (Å²) in [5, 5.41) is 3.29. The van der Waals surface area contributed by atoms with Crippen LogP contribution in [0, 0.1) is 0 Å². The summed E-state index contributed by atoms with van der Waals surface area (Å²) >= 11 is 0. The number of methoxy groups -OCH3 is 1. The molecule has 0 heterocycles. The number of benzene rings is 2. The maximum absolute atomic E-state index is 6.12.